The summed E-state index contributed by atoms with van der Waals surface area (Å²) in [6.45, 7) is 18.9. The van der Waals surface area contributed by atoms with Gasteiger partial charge in [0, 0.05) is 5.56 Å². The van der Waals surface area contributed by atoms with E-state index in [0.29, 0.717) is 0 Å². The van der Waals surface area contributed by atoms with Crippen molar-refractivity contribution in [3.63, 3.8) is 0 Å². The number of hydrogen-bond acceptors (Lipinski definition) is 2. The molecule has 0 aromatic heterocycles. The molecular weight excluding hydrogens is 358 g/mol. The number of ether oxygens (including phenoxy) is 1. The van der Waals surface area contributed by atoms with Crippen LogP contribution in [0.3, 0.4) is 0 Å². The van der Waals surface area contributed by atoms with Crippen LogP contribution in [0.15, 0.2) is 30.3 Å². The largest absolute Gasteiger partial charge is 1.00 e. The first-order valence-electron chi connectivity index (χ1n) is 9.51. The molecule has 0 bridgehead atoms. The molecule has 0 aliphatic heterocycles. The molecule has 0 amide bonds. The zero-order valence-electron chi connectivity index (χ0n) is 20.2. The molecule has 0 saturated heterocycles. The summed E-state index contributed by atoms with van der Waals surface area (Å²) in [6, 6.07) is 10.4. The van der Waals surface area contributed by atoms with Gasteiger partial charge in [-0.2, -0.15) is 0 Å². The van der Waals surface area contributed by atoms with E-state index >= 15 is 0 Å². The molecular formula is C24H34LiO2P. The second kappa shape index (κ2) is 9.17. The Morgan fingerprint density at radius 2 is 1.43 bits per heavy atom. The van der Waals surface area contributed by atoms with Gasteiger partial charge in [0.05, 0.1) is 0 Å². The number of aryl methyl sites for hydroxylation is 3. The third kappa shape index (κ3) is 6.49. The average molecular weight is 392 g/mol. The van der Waals surface area contributed by atoms with E-state index < -0.39 is 0 Å². The number of carbonyl (C=O) groups excluding carboxylic acids is 1. The molecule has 0 radical (unpaired) electrons. The minimum atomic E-state index is -0.227. The Morgan fingerprint density at radius 3 is 1.86 bits per heavy atom. The molecule has 2 nitrogen and oxygen atoms in total. The number of carbonyl (C=O) groups is 1. The van der Waals surface area contributed by atoms with Crippen LogP contribution in [0, 0.1) is 20.8 Å². The Kier molecular flexibility index (Phi) is 8.18. The molecule has 4 heteroatoms. The van der Waals surface area contributed by atoms with Crippen molar-refractivity contribution in [3.05, 3.63) is 58.1 Å². The van der Waals surface area contributed by atoms with Gasteiger partial charge >= 0.3 is 18.9 Å². The van der Waals surface area contributed by atoms with E-state index in [4.69, 9.17) is 4.74 Å². The standard InChI is InChI=1S/C24H33O2P.Li.H/c1-15-14-19(26-24(7,8)9)10-11-20(15)27-22(25)21-16(2)12-18(13-17(21)3)23(4,5)6;;/h10-14,27H,1-9H3;;/q;+1;-1. The smallest absolute Gasteiger partial charge is 1.00 e. The monoisotopic (exact) mass is 392 g/mol. The van der Waals surface area contributed by atoms with Gasteiger partial charge in [-0.1, -0.05) is 39.0 Å². The van der Waals surface area contributed by atoms with Gasteiger partial charge in [-0.15, -0.1) is 0 Å². The summed E-state index contributed by atoms with van der Waals surface area (Å²) in [4.78, 5) is 13.1. The number of rotatable bonds is 4. The molecule has 2 aromatic rings. The fourth-order valence-corrected chi connectivity index (χ4v) is 4.33. The first-order chi connectivity index (χ1) is 12.3. The van der Waals surface area contributed by atoms with Crippen molar-refractivity contribution < 1.29 is 29.8 Å². The van der Waals surface area contributed by atoms with Crippen molar-refractivity contribution in [1.82, 2.24) is 0 Å². The van der Waals surface area contributed by atoms with Crippen molar-refractivity contribution in [2.24, 2.45) is 0 Å². The molecule has 0 heterocycles. The van der Waals surface area contributed by atoms with Gasteiger partial charge in [0.15, 0.2) is 5.52 Å². The van der Waals surface area contributed by atoms with Crippen LogP contribution in [0.4, 0.5) is 0 Å². The maximum absolute atomic E-state index is 13.1. The van der Waals surface area contributed by atoms with Crippen LogP contribution >= 0.6 is 8.58 Å². The fraction of sp³-hybridized carbons (Fsp3) is 0.458. The van der Waals surface area contributed by atoms with Crippen molar-refractivity contribution in [1.29, 1.82) is 0 Å². The Morgan fingerprint density at radius 1 is 0.893 bits per heavy atom. The summed E-state index contributed by atoms with van der Waals surface area (Å²) in [5.41, 5.74) is 5.45. The molecule has 2 aromatic carbocycles. The molecule has 148 valence electrons. The van der Waals surface area contributed by atoms with Crippen LogP contribution in [0.1, 0.15) is 75.6 Å². The molecule has 1 unspecified atom stereocenters. The quantitative estimate of drug-likeness (QED) is 0.589. The SMILES string of the molecule is Cc1cc(OC(C)(C)C)ccc1PC(=O)c1c(C)cc(C(C)(C)C)cc1C.[H-].[Li+]. The number of benzene rings is 2. The number of hydrogen-bond donors (Lipinski definition) is 0. The van der Waals surface area contributed by atoms with E-state index in [0.717, 1.165) is 33.3 Å². The van der Waals surface area contributed by atoms with E-state index in [1.54, 1.807) is 0 Å². The van der Waals surface area contributed by atoms with Crippen LogP contribution in [-0.4, -0.2) is 11.1 Å². The van der Waals surface area contributed by atoms with Crippen LogP contribution in [0.2, 0.25) is 0 Å². The minimum absolute atomic E-state index is 0. The third-order valence-corrected chi connectivity index (χ3v) is 5.80. The second-order valence-electron chi connectivity index (χ2n) is 9.38. The summed E-state index contributed by atoms with van der Waals surface area (Å²) < 4.78 is 5.93. The summed E-state index contributed by atoms with van der Waals surface area (Å²) in [6.07, 6.45) is 0. The maximum atomic E-state index is 13.1. The van der Waals surface area contributed by atoms with Gasteiger partial charge in [-0.05, 0) is 95.2 Å². The summed E-state index contributed by atoms with van der Waals surface area (Å²) in [7, 11) is 0.121. The van der Waals surface area contributed by atoms with Gasteiger partial charge in [0.25, 0.3) is 0 Å². The second-order valence-corrected chi connectivity index (χ2v) is 10.6. The molecule has 0 saturated carbocycles. The molecule has 2 rings (SSSR count). The Balaban J connectivity index is 0.00000392. The summed E-state index contributed by atoms with van der Waals surface area (Å²) in [5.74, 6) is 0.850. The predicted octanol–water partition coefficient (Wildman–Crippen LogP) is 3.35. The van der Waals surface area contributed by atoms with E-state index in [1.165, 1.54) is 5.56 Å². The minimum Gasteiger partial charge on any atom is -1.00 e. The van der Waals surface area contributed by atoms with Crippen molar-refractivity contribution >= 4 is 19.4 Å². The van der Waals surface area contributed by atoms with Crippen LogP contribution in [-0.2, 0) is 5.41 Å². The molecule has 0 aliphatic carbocycles. The zero-order valence-corrected chi connectivity index (χ0v) is 20.2. The Hall–Kier alpha value is -1.06. The molecule has 0 aliphatic rings. The summed E-state index contributed by atoms with van der Waals surface area (Å²) >= 11 is 0. The average Bonchev–Trinajstić information content (AvgIpc) is 2.46. The van der Waals surface area contributed by atoms with Crippen molar-refractivity contribution in [3.8, 4) is 5.75 Å². The van der Waals surface area contributed by atoms with Gasteiger partial charge in [-0.25, -0.2) is 0 Å². The topological polar surface area (TPSA) is 26.3 Å². The molecule has 0 N–H and O–H groups in total. The molecule has 0 spiro atoms. The van der Waals surface area contributed by atoms with E-state index in [9.17, 15) is 4.79 Å². The molecule has 28 heavy (non-hydrogen) atoms. The van der Waals surface area contributed by atoms with E-state index in [1.807, 2.05) is 59.7 Å². The molecule has 1 atom stereocenters. The van der Waals surface area contributed by atoms with Gasteiger partial charge in [0.2, 0.25) is 0 Å². The van der Waals surface area contributed by atoms with E-state index in [2.05, 4.69) is 32.9 Å². The van der Waals surface area contributed by atoms with Gasteiger partial charge in [0.1, 0.15) is 11.4 Å². The Labute approximate surface area is 186 Å². The van der Waals surface area contributed by atoms with Gasteiger partial charge < -0.3 is 6.16 Å². The van der Waals surface area contributed by atoms with Crippen molar-refractivity contribution in [2.75, 3.05) is 0 Å². The zero-order chi connectivity index (χ0) is 20.6. The van der Waals surface area contributed by atoms with Crippen LogP contribution < -0.4 is 28.9 Å². The predicted molar refractivity (Wildman–Crippen MR) is 120 cm³/mol. The Bertz CT molecular complexity index is 841. The van der Waals surface area contributed by atoms with Crippen molar-refractivity contribution in [2.45, 2.75) is 73.3 Å². The van der Waals surface area contributed by atoms with Crippen LogP contribution in [0.25, 0.3) is 0 Å². The normalized spacial score (nSPS) is 12.2. The van der Waals surface area contributed by atoms with Gasteiger partial charge in [-0.3, -0.25) is 4.79 Å². The third-order valence-electron chi connectivity index (χ3n) is 4.50. The van der Waals surface area contributed by atoms with E-state index in [-0.39, 0.29) is 45.4 Å². The summed E-state index contributed by atoms with van der Waals surface area (Å²) in [5, 5.41) is 1.08. The maximum Gasteiger partial charge on any atom is 1.00 e. The fourth-order valence-electron chi connectivity index (χ4n) is 3.13. The van der Waals surface area contributed by atoms with Crippen LogP contribution in [0.5, 0.6) is 5.75 Å². The molecule has 0 fully saturated rings. The first kappa shape index (κ1) is 25.0. The first-order valence-corrected chi connectivity index (χ1v) is 10.5.